The van der Waals surface area contributed by atoms with Gasteiger partial charge in [-0.3, -0.25) is 9.59 Å². The SMILES string of the molecule is O=C(NC1CCCCCC1)c1cccc(C(=O)NC2CCCC2)n1. The first-order valence-electron chi connectivity index (χ1n) is 9.31. The molecule has 24 heavy (non-hydrogen) atoms. The summed E-state index contributed by atoms with van der Waals surface area (Å²) >= 11 is 0. The Morgan fingerprint density at radius 2 is 1.17 bits per heavy atom. The van der Waals surface area contributed by atoms with Crippen LogP contribution in [-0.4, -0.2) is 28.9 Å². The maximum Gasteiger partial charge on any atom is 0.270 e. The minimum absolute atomic E-state index is 0.169. The van der Waals surface area contributed by atoms with E-state index < -0.39 is 0 Å². The Morgan fingerprint density at radius 1 is 0.750 bits per heavy atom. The lowest BCUT2D eigenvalue weighted by Gasteiger charge is -2.16. The molecule has 5 nitrogen and oxygen atoms in total. The van der Waals surface area contributed by atoms with Gasteiger partial charge in [-0.05, 0) is 37.8 Å². The molecule has 0 radical (unpaired) electrons. The lowest BCUT2D eigenvalue weighted by Crippen LogP contribution is -2.36. The fraction of sp³-hybridized carbons (Fsp3) is 0.632. The van der Waals surface area contributed by atoms with E-state index in [1.165, 1.54) is 38.5 Å². The van der Waals surface area contributed by atoms with Gasteiger partial charge in [0.25, 0.3) is 11.8 Å². The largest absolute Gasteiger partial charge is 0.348 e. The monoisotopic (exact) mass is 329 g/mol. The normalized spacial score (nSPS) is 19.7. The van der Waals surface area contributed by atoms with Gasteiger partial charge in [0.2, 0.25) is 0 Å². The van der Waals surface area contributed by atoms with Gasteiger partial charge in [0.1, 0.15) is 11.4 Å². The average molecular weight is 329 g/mol. The third-order valence-corrected chi connectivity index (χ3v) is 5.10. The summed E-state index contributed by atoms with van der Waals surface area (Å²) in [6.07, 6.45) is 11.3. The van der Waals surface area contributed by atoms with Gasteiger partial charge < -0.3 is 10.6 Å². The molecule has 2 aliphatic carbocycles. The highest BCUT2D eigenvalue weighted by Gasteiger charge is 2.20. The highest BCUT2D eigenvalue weighted by atomic mass is 16.2. The number of amides is 2. The number of rotatable bonds is 4. The highest BCUT2D eigenvalue weighted by Crippen LogP contribution is 2.19. The first-order chi connectivity index (χ1) is 11.7. The van der Waals surface area contributed by atoms with Gasteiger partial charge in [0, 0.05) is 12.1 Å². The second-order valence-electron chi connectivity index (χ2n) is 7.02. The number of nitrogens with zero attached hydrogens (tertiary/aromatic N) is 1. The maximum atomic E-state index is 12.4. The standard InChI is InChI=1S/C19H27N3O2/c23-18(20-14-8-3-1-2-4-9-14)16-12-7-13-17(22-16)19(24)21-15-10-5-6-11-15/h7,12-15H,1-6,8-11H2,(H,20,23)(H,21,24). The smallest absolute Gasteiger partial charge is 0.270 e. The Balaban J connectivity index is 1.60. The fourth-order valence-corrected chi connectivity index (χ4v) is 3.70. The fourth-order valence-electron chi connectivity index (χ4n) is 3.70. The number of carbonyl (C=O) groups excluding carboxylic acids is 2. The number of hydrogen-bond donors (Lipinski definition) is 2. The quantitative estimate of drug-likeness (QED) is 0.833. The van der Waals surface area contributed by atoms with Crippen LogP contribution in [0.4, 0.5) is 0 Å². The molecule has 0 saturated heterocycles. The molecular weight excluding hydrogens is 302 g/mol. The summed E-state index contributed by atoms with van der Waals surface area (Å²) in [5.41, 5.74) is 0.661. The van der Waals surface area contributed by atoms with Crippen LogP contribution in [0.5, 0.6) is 0 Å². The van der Waals surface area contributed by atoms with Crippen molar-refractivity contribution in [3.8, 4) is 0 Å². The molecular formula is C19H27N3O2. The van der Waals surface area contributed by atoms with Crippen molar-refractivity contribution in [3.63, 3.8) is 0 Å². The van der Waals surface area contributed by atoms with Crippen molar-refractivity contribution in [1.29, 1.82) is 0 Å². The Hall–Kier alpha value is -1.91. The second kappa shape index (κ2) is 8.27. The van der Waals surface area contributed by atoms with E-state index in [0.717, 1.165) is 25.7 Å². The third-order valence-electron chi connectivity index (χ3n) is 5.10. The molecule has 0 unspecified atom stereocenters. The van der Waals surface area contributed by atoms with Crippen LogP contribution in [0.1, 0.15) is 85.2 Å². The van der Waals surface area contributed by atoms with Gasteiger partial charge in [-0.2, -0.15) is 0 Å². The Labute approximate surface area is 143 Å². The Kier molecular flexibility index (Phi) is 5.83. The van der Waals surface area contributed by atoms with Crippen molar-refractivity contribution in [2.75, 3.05) is 0 Å². The van der Waals surface area contributed by atoms with Gasteiger partial charge in [-0.1, -0.05) is 44.6 Å². The van der Waals surface area contributed by atoms with Gasteiger partial charge in [0.05, 0.1) is 0 Å². The van der Waals surface area contributed by atoms with Gasteiger partial charge in [-0.25, -0.2) is 4.98 Å². The molecule has 2 aliphatic rings. The van der Waals surface area contributed by atoms with Gasteiger partial charge in [-0.15, -0.1) is 0 Å². The average Bonchev–Trinajstić information content (AvgIpc) is 2.97. The molecule has 0 aliphatic heterocycles. The molecule has 0 aromatic carbocycles. The van der Waals surface area contributed by atoms with E-state index in [9.17, 15) is 9.59 Å². The molecule has 3 rings (SSSR count). The third kappa shape index (κ3) is 4.56. The minimum Gasteiger partial charge on any atom is -0.348 e. The van der Waals surface area contributed by atoms with Crippen LogP contribution < -0.4 is 10.6 Å². The summed E-state index contributed by atoms with van der Waals surface area (Å²) in [7, 11) is 0. The van der Waals surface area contributed by atoms with Crippen molar-refractivity contribution < 1.29 is 9.59 Å². The van der Waals surface area contributed by atoms with Crippen LogP contribution in [0.25, 0.3) is 0 Å². The van der Waals surface area contributed by atoms with Crippen LogP contribution in [-0.2, 0) is 0 Å². The summed E-state index contributed by atoms with van der Waals surface area (Å²) in [5.74, 6) is -0.344. The zero-order valence-electron chi connectivity index (χ0n) is 14.2. The predicted molar refractivity (Wildman–Crippen MR) is 92.9 cm³/mol. The highest BCUT2D eigenvalue weighted by molar-refractivity contribution is 5.96. The Morgan fingerprint density at radius 3 is 1.62 bits per heavy atom. The van der Waals surface area contributed by atoms with E-state index >= 15 is 0 Å². The predicted octanol–water partition coefficient (Wildman–Crippen LogP) is 3.21. The summed E-state index contributed by atoms with van der Waals surface area (Å²) < 4.78 is 0. The van der Waals surface area contributed by atoms with Crippen LogP contribution >= 0.6 is 0 Å². The maximum absolute atomic E-state index is 12.4. The lowest BCUT2D eigenvalue weighted by molar-refractivity contribution is 0.0926. The van der Waals surface area contributed by atoms with Crippen LogP contribution in [0.2, 0.25) is 0 Å². The molecule has 2 saturated carbocycles. The minimum atomic E-state index is -0.175. The zero-order valence-corrected chi connectivity index (χ0v) is 14.2. The van der Waals surface area contributed by atoms with Crippen LogP contribution in [0.3, 0.4) is 0 Å². The van der Waals surface area contributed by atoms with Crippen molar-refractivity contribution in [2.45, 2.75) is 76.3 Å². The summed E-state index contributed by atoms with van der Waals surface area (Å²) in [6.45, 7) is 0. The van der Waals surface area contributed by atoms with Crippen molar-refractivity contribution >= 4 is 11.8 Å². The van der Waals surface area contributed by atoms with Crippen molar-refractivity contribution in [1.82, 2.24) is 15.6 Å². The number of pyridine rings is 1. The molecule has 5 heteroatoms. The molecule has 2 N–H and O–H groups in total. The molecule has 0 atom stereocenters. The molecule has 130 valence electrons. The number of aromatic nitrogens is 1. The van der Waals surface area contributed by atoms with E-state index in [0.29, 0.717) is 11.4 Å². The lowest BCUT2D eigenvalue weighted by atomic mass is 10.1. The van der Waals surface area contributed by atoms with Crippen LogP contribution in [0.15, 0.2) is 18.2 Å². The molecule has 2 amide bonds. The van der Waals surface area contributed by atoms with Gasteiger partial charge >= 0.3 is 0 Å². The Bertz CT molecular complexity index is 574. The summed E-state index contributed by atoms with van der Waals surface area (Å²) in [4.78, 5) is 29.0. The van der Waals surface area contributed by atoms with E-state index in [2.05, 4.69) is 15.6 Å². The van der Waals surface area contributed by atoms with E-state index in [1.54, 1.807) is 18.2 Å². The zero-order chi connectivity index (χ0) is 16.8. The van der Waals surface area contributed by atoms with Crippen LogP contribution in [0, 0.1) is 0 Å². The molecule has 1 heterocycles. The molecule has 1 aromatic heterocycles. The summed E-state index contributed by atoms with van der Waals surface area (Å²) in [5, 5.41) is 6.10. The van der Waals surface area contributed by atoms with E-state index in [-0.39, 0.29) is 23.9 Å². The van der Waals surface area contributed by atoms with Crippen molar-refractivity contribution in [2.24, 2.45) is 0 Å². The molecule has 0 spiro atoms. The number of nitrogens with one attached hydrogen (secondary N) is 2. The summed E-state index contributed by atoms with van der Waals surface area (Å²) in [6, 6.07) is 5.57. The topological polar surface area (TPSA) is 71.1 Å². The van der Waals surface area contributed by atoms with E-state index in [1.807, 2.05) is 0 Å². The second-order valence-corrected chi connectivity index (χ2v) is 7.02. The van der Waals surface area contributed by atoms with Crippen molar-refractivity contribution in [3.05, 3.63) is 29.6 Å². The molecule has 0 bridgehead atoms. The first kappa shape index (κ1) is 16.9. The first-order valence-corrected chi connectivity index (χ1v) is 9.31. The molecule has 1 aromatic rings. The number of hydrogen-bond acceptors (Lipinski definition) is 3. The van der Waals surface area contributed by atoms with Gasteiger partial charge in [0.15, 0.2) is 0 Å². The molecule has 2 fully saturated rings. The van der Waals surface area contributed by atoms with E-state index in [4.69, 9.17) is 0 Å². The number of carbonyl (C=O) groups is 2.